The first-order chi connectivity index (χ1) is 14.8. The number of hydrogen-bond acceptors (Lipinski definition) is 4. The summed E-state index contributed by atoms with van der Waals surface area (Å²) < 4.78 is 2.64. The van der Waals surface area contributed by atoms with Crippen LogP contribution in [-0.2, 0) is 7.05 Å². The van der Waals surface area contributed by atoms with Crippen LogP contribution in [-0.4, -0.2) is 44.0 Å². The Morgan fingerprint density at radius 1 is 0.935 bits per heavy atom. The van der Waals surface area contributed by atoms with E-state index in [1.165, 1.54) is 49.2 Å². The molecular formula is C25H34N5S+. The van der Waals surface area contributed by atoms with E-state index in [-0.39, 0.29) is 0 Å². The van der Waals surface area contributed by atoms with Gasteiger partial charge in [0.2, 0.25) is 4.80 Å². The molecule has 4 rings (SSSR count). The molecule has 164 valence electrons. The molecular weight excluding hydrogens is 402 g/mol. The number of rotatable bonds is 5. The largest absolute Gasteiger partial charge is 0.378 e. The fourth-order valence-corrected chi connectivity index (χ4v) is 5.16. The molecule has 3 aromatic rings. The lowest BCUT2D eigenvalue weighted by molar-refractivity contribution is 0.434. The average molecular weight is 437 g/mol. The van der Waals surface area contributed by atoms with E-state index in [2.05, 4.69) is 81.6 Å². The molecule has 0 spiro atoms. The van der Waals surface area contributed by atoms with Crippen molar-refractivity contribution in [2.45, 2.75) is 38.1 Å². The highest BCUT2D eigenvalue weighted by Gasteiger charge is 2.23. The zero-order valence-corrected chi connectivity index (χ0v) is 20.2. The van der Waals surface area contributed by atoms with Crippen molar-refractivity contribution < 1.29 is 0 Å². The normalized spacial score (nSPS) is 16.0. The molecule has 1 saturated carbocycles. The van der Waals surface area contributed by atoms with Gasteiger partial charge in [0.15, 0.2) is 0 Å². The van der Waals surface area contributed by atoms with Crippen molar-refractivity contribution in [1.82, 2.24) is 14.3 Å². The van der Waals surface area contributed by atoms with Gasteiger partial charge in [0.05, 0.1) is 20.1 Å². The number of nitrogens with zero attached hydrogens (tertiary/aromatic N) is 5. The summed E-state index contributed by atoms with van der Waals surface area (Å²) in [6, 6.07) is 18.1. The molecule has 0 unspecified atom stereocenters. The molecule has 1 aliphatic carbocycles. The first-order valence-corrected chi connectivity index (χ1v) is 12.0. The third-order valence-electron chi connectivity index (χ3n) is 6.34. The van der Waals surface area contributed by atoms with E-state index in [0.29, 0.717) is 10.5 Å². The van der Waals surface area contributed by atoms with Crippen LogP contribution in [0, 0.1) is 0 Å². The van der Waals surface area contributed by atoms with Crippen LogP contribution in [0.4, 0.5) is 17.1 Å². The number of quaternary nitrogens is 1. The van der Waals surface area contributed by atoms with Gasteiger partial charge in [-0.15, -0.1) is 0 Å². The molecule has 1 aliphatic rings. The minimum Gasteiger partial charge on any atom is -0.378 e. The molecule has 1 aromatic heterocycles. The number of aryl methyl sites for hydroxylation is 1. The van der Waals surface area contributed by atoms with Crippen LogP contribution in [0.15, 0.2) is 53.5 Å². The smallest absolute Gasteiger partial charge is 0.203 e. The molecule has 5 nitrogen and oxygen atoms in total. The summed E-state index contributed by atoms with van der Waals surface area (Å²) in [5.41, 5.74) is 4.87. The van der Waals surface area contributed by atoms with Gasteiger partial charge in [0.25, 0.3) is 0 Å². The molecule has 6 heteroatoms. The number of benzene rings is 2. The van der Waals surface area contributed by atoms with E-state index >= 15 is 0 Å². The first kappa shape index (κ1) is 21.8. The second kappa shape index (κ2) is 8.97. The van der Waals surface area contributed by atoms with E-state index < -0.39 is 0 Å². The quantitative estimate of drug-likeness (QED) is 0.505. The molecule has 0 bridgehead atoms. The van der Waals surface area contributed by atoms with E-state index in [1.54, 1.807) is 11.3 Å². The maximum Gasteiger partial charge on any atom is 0.203 e. The highest BCUT2D eigenvalue weighted by Crippen LogP contribution is 2.33. The molecule has 0 amide bonds. The molecule has 0 saturated heterocycles. The Kier molecular flexibility index (Phi) is 6.30. The maximum absolute atomic E-state index is 4.99. The van der Waals surface area contributed by atoms with Crippen molar-refractivity contribution in [2.24, 2.45) is 12.0 Å². The lowest BCUT2D eigenvalue weighted by atomic mass is 9.96. The maximum atomic E-state index is 4.99. The second-order valence-corrected chi connectivity index (χ2v) is 10.1. The van der Waals surface area contributed by atoms with Crippen LogP contribution < -0.4 is 14.2 Å². The molecule has 0 atom stereocenters. The summed E-state index contributed by atoms with van der Waals surface area (Å²) in [4.78, 5) is 8.15. The Morgan fingerprint density at radius 2 is 1.52 bits per heavy atom. The predicted molar refractivity (Wildman–Crippen MR) is 133 cm³/mol. The first-order valence-electron chi connectivity index (χ1n) is 11.2. The second-order valence-electron chi connectivity index (χ2n) is 9.15. The minimum absolute atomic E-state index is 0.465. The molecule has 1 heterocycles. The van der Waals surface area contributed by atoms with Crippen LogP contribution in [0.5, 0.6) is 0 Å². The van der Waals surface area contributed by atoms with E-state index in [0.717, 1.165) is 15.4 Å². The Hall–Kier alpha value is -2.44. The highest BCUT2D eigenvalue weighted by molar-refractivity contribution is 7.12. The Balaban J connectivity index is 1.56. The monoisotopic (exact) mass is 436 g/mol. The molecule has 31 heavy (non-hydrogen) atoms. The van der Waals surface area contributed by atoms with E-state index in [1.807, 2.05) is 11.7 Å². The van der Waals surface area contributed by atoms with Crippen LogP contribution in [0.2, 0.25) is 0 Å². The molecule has 0 radical (unpaired) electrons. The Labute approximate surface area is 189 Å². The van der Waals surface area contributed by atoms with Gasteiger partial charge in [-0.25, -0.2) is 4.68 Å². The zero-order valence-electron chi connectivity index (χ0n) is 19.4. The third-order valence-corrected chi connectivity index (χ3v) is 7.41. The molecule has 2 aromatic carbocycles. The van der Waals surface area contributed by atoms with Crippen LogP contribution >= 0.6 is 11.3 Å². The Morgan fingerprint density at radius 3 is 2.10 bits per heavy atom. The predicted octanol–water partition coefficient (Wildman–Crippen LogP) is 5.35. The van der Waals surface area contributed by atoms with Crippen LogP contribution in [0.25, 0.3) is 10.6 Å². The summed E-state index contributed by atoms with van der Waals surface area (Å²) in [6.45, 7) is 0. The topological polar surface area (TPSA) is 33.4 Å². The SMILES string of the molecule is CN(C)c1ccc([N+](C)(C)c2ccc(-c3nn(C)c(=NC4CCCCC4)s3)cc2)cc1. The summed E-state index contributed by atoms with van der Waals surface area (Å²) in [5, 5.41) is 5.79. The van der Waals surface area contributed by atoms with Crippen molar-refractivity contribution in [3.63, 3.8) is 0 Å². The van der Waals surface area contributed by atoms with Gasteiger partial charge in [0, 0.05) is 56.7 Å². The molecule has 0 aliphatic heterocycles. The zero-order chi connectivity index (χ0) is 22.0. The average Bonchev–Trinajstić information content (AvgIpc) is 3.14. The number of anilines is 1. The van der Waals surface area contributed by atoms with Gasteiger partial charge in [-0.05, 0) is 37.1 Å². The minimum atomic E-state index is 0.465. The van der Waals surface area contributed by atoms with Crippen LogP contribution in [0.1, 0.15) is 32.1 Å². The van der Waals surface area contributed by atoms with Gasteiger partial charge >= 0.3 is 0 Å². The summed E-state index contributed by atoms with van der Waals surface area (Å²) >= 11 is 1.70. The van der Waals surface area contributed by atoms with Gasteiger partial charge in [0.1, 0.15) is 16.4 Å². The van der Waals surface area contributed by atoms with Gasteiger partial charge in [-0.1, -0.05) is 30.6 Å². The lowest BCUT2D eigenvalue weighted by Crippen LogP contribution is -2.34. The molecule has 0 N–H and O–H groups in total. The number of aromatic nitrogens is 2. The van der Waals surface area contributed by atoms with Gasteiger partial charge < -0.3 is 4.90 Å². The summed E-state index contributed by atoms with van der Waals surface area (Å²) in [7, 11) is 10.6. The van der Waals surface area contributed by atoms with Crippen LogP contribution in [0.3, 0.4) is 0 Å². The number of hydrogen-bond donors (Lipinski definition) is 0. The van der Waals surface area contributed by atoms with E-state index in [4.69, 9.17) is 10.1 Å². The fraction of sp³-hybridized carbons (Fsp3) is 0.440. The van der Waals surface area contributed by atoms with Crippen molar-refractivity contribution >= 4 is 28.4 Å². The van der Waals surface area contributed by atoms with E-state index in [9.17, 15) is 0 Å². The van der Waals surface area contributed by atoms with Crippen molar-refractivity contribution in [1.29, 1.82) is 0 Å². The van der Waals surface area contributed by atoms with Gasteiger partial charge in [-0.3, -0.25) is 9.48 Å². The Bertz CT molecular complexity index is 1070. The highest BCUT2D eigenvalue weighted by atomic mass is 32.1. The summed E-state index contributed by atoms with van der Waals surface area (Å²) in [6.07, 6.45) is 6.38. The summed E-state index contributed by atoms with van der Waals surface area (Å²) in [5.74, 6) is 0. The van der Waals surface area contributed by atoms with Crippen molar-refractivity contribution in [3.05, 3.63) is 53.3 Å². The van der Waals surface area contributed by atoms with Crippen molar-refractivity contribution in [3.8, 4) is 10.6 Å². The fourth-order valence-electron chi connectivity index (χ4n) is 4.19. The standard InChI is InChI=1S/C25H34N5S/c1-28(2)21-13-17-23(18-14-21)30(4,5)22-15-11-19(12-16-22)24-27-29(3)25(31-24)26-20-9-7-6-8-10-20/h11-18,20H,6-10H2,1-5H3/q+1. The molecule has 1 fully saturated rings. The third kappa shape index (κ3) is 4.75. The van der Waals surface area contributed by atoms with Crippen molar-refractivity contribution in [2.75, 3.05) is 33.1 Å². The van der Waals surface area contributed by atoms with Gasteiger partial charge in [-0.2, -0.15) is 5.10 Å². The lowest BCUT2D eigenvalue weighted by Gasteiger charge is -2.29.